The number of halogens is 2. The smallest absolute Gasteiger partial charge is 0.263 e. The second-order valence-electron chi connectivity index (χ2n) is 18.6. The zero-order valence-corrected chi connectivity index (χ0v) is 37.7. The van der Waals surface area contributed by atoms with Crippen molar-refractivity contribution in [2.24, 2.45) is 18.4 Å². The first-order chi connectivity index (χ1) is 27.2. The molecule has 312 valence electrons. The van der Waals surface area contributed by atoms with Gasteiger partial charge in [0.15, 0.2) is 5.75 Å². The molecule has 1 aliphatic heterocycles. The fourth-order valence-corrected chi connectivity index (χ4v) is 8.57. The van der Waals surface area contributed by atoms with Crippen molar-refractivity contribution in [3.63, 3.8) is 0 Å². The number of carbonyl (C=O) groups excluding carboxylic acids is 2. The molecule has 2 fully saturated rings. The van der Waals surface area contributed by atoms with E-state index in [4.69, 9.17) is 37.7 Å². The first-order valence-corrected chi connectivity index (χ1v) is 24.5. The topological polar surface area (TPSA) is 133 Å². The van der Waals surface area contributed by atoms with Crippen molar-refractivity contribution < 1.29 is 19.1 Å². The minimum absolute atomic E-state index is 0.0470. The standard InChI is InChI=1S/C43H57Cl2N7O5Si/c1-42(2,3)26-43(4,5)49-40(54)29-20-28(21-31(44)38(29)57-18-19-58(7,8)9)30-24-52(39-37(30)41(55)50(6)34(48-39)13-12-27-10-11-27)25-36(53)47-33-22-35(46-23-32(33)45)51-14-16-56-17-15-51/h12-13,20-24,27H,10-11,14-19,25-26H2,1-9H3,(H,49,54)(H,46,47,53). The molecule has 0 bridgehead atoms. The number of anilines is 2. The van der Waals surface area contributed by atoms with E-state index >= 15 is 0 Å². The number of hydrogen-bond acceptors (Lipinski definition) is 8. The molecular formula is C43H57Cl2N7O5Si. The third kappa shape index (κ3) is 10.9. The van der Waals surface area contributed by atoms with E-state index in [1.54, 1.807) is 36.0 Å². The fourth-order valence-electron chi connectivity index (χ4n) is 7.43. The Morgan fingerprint density at radius 3 is 2.41 bits per heavy atom. The summed E-state index contributed by atoms with van der Waals surface area (Å²) in [5.74, 6) is 1.18. The van der Waals surface area contributed by atoms with Gasteiger partial charge >= 0.3 is 0 Å². The lowest BCUT2D eigenvalue weighted by molar-refractivity contribution is -0.116. The van der Waals surface area contributed by atoms with Gasteiger partial charge in [-0.25, -0.2) is 9.97 Å². The molecule has 6 rings (SSSR count). The first kappa shape index (κ1) is 43.4. The normalized spacial score (nSPS) is 15.3. The number of allylic oxidation sites excluding steroid dienone is 1. The van der Waals surface area contributed by atoms with Crippen LogP contribution in [0.4, 0.5) is 11.5 Å². The molecule has 2 aliphatic rings. The van der Waals surface area contributed by atoms with Crippen LogP contribution in [-0.2, 0) is 23.1 Å². The number of amides is 2. The number of aromatic nitrogens is 4. The molecule has 0 atom stereocenters. The van der Waals surface area contributed by atoms with Crippen molar-refractivity contribution in [2.45, 2.75) is 91.6 Å². The largest absolute Gasteiger partial charge is 0.491 e. The van der Waals surface area contributed by atoms with Crippen LogP contribution in [0.1, 0.15) is 70.1 Å². The van der Waals surface area contributed by atoms with Gasteiger partial charge in [-0.05, 0) is 74.3 Å². The van der Waals surface area contributed by atoms with E-state index in [2.05, 4.69) is 67.0 Å². The number of rotatable bonds is 14. The van der Waals surface area contributed by atoms with E-state index in [-0.39, 0.29) is 39.9 Å². The number of pyridine rings is 1. The van der Waals surface area contributed by atoms with Crippen molar-refractivity contribution in [2.75, 3.05) is 43.1 Å². The Labute approximate surface area is 352 Å². The van der Waals surface area contributed by atoms with Gasteiger partial charge in [-0.15, -0.1) is 0 Å². The Morgan fingerprint density at radius 2 is 1.76 bits per heavy atom. The SMILES string of the molecule is Cn1c(C=CC2CC2)nc2c(c(-c3cc(Cl)c(OCC[Si](C)(C)C)c(C(=O)NC(C)(C)CC(C)(C)C)c3)cn2CC(=O)Nc2cc(N3CCOCC3)ncc2Cl)c1=O. The molecule has 1 aromatic carbocycles. The molecule has 12 nitrogen and oxygen atoms in total. The molecule has 1 saturated heterocycles. The van der Waals surface area contributed by atoms with Crippen LogP contribution in [-0.4, -0.2) is 77.4 Å². The maximum absolute atomic E-state index is 14.4. The van der Waals surface area contributed by atoms with Gasteiger partial charge < -0.3 is 29.6 Å². The van der Waals surface area contributed by atoms with E-state index in [1.165, 1.54) is 10.8 Å². The number of carbonyl (C=O) groups is 2. The maximum atomic E-state index is 14.4. The van der Waals surface area contributed by atoms with Crippen molar-refractivity contribution in [3.05, 3.63) is 68.5 Å². The number of benzene rings is 1. The molecule has 3 aromatic heterocycles. The summed E-state index contributed by atoms with van der Waals surface area (Å²) in [7, 11) is 0.208. The minimum atomic E-state index is -1.48. The zero-order chi connectivity index (χ0) is 42.2. The highest BCUT2D eigenvalue weighted by atomic mass is 35.5. The quantitative estimate of drug-likeness (QED) is 0.121. The van der Waals surface area contributed by atoms with Crippen LogP contribution in [0.2, 0.25) is 35.7 Å². The molecule has 0 spiro atoms. The Morgan fingerprint density at radius 1 is 1.05 bits per heavy atom. The van der Waals surface area contributed by atoms with Crippen molar-refractivity contribution >= 4 is 71.7 Å². The number of fused-ring (bicyclic) bond motifs is 1. The third-order valence-electron chi connectivity index (χ3n) is 10.2. The zero-order valence-electron chi connectivity index (χ0n) is 35.2. The van der Waals surface area contributed by atoms with E-state index in [0.717, 1.165) is 25.3 Å². The molecule has 1 aliphatic carbocycles. The highest BCUT2D eigenvalue weighted by Gasteiger charge is 2.30. The summed E-state index contributed by atoms with van der Waals surface area (Å²) in [6, 6.07) is 6.06. The molecule has 4 heterocycles. The number of nitrogens with zero attached hydrogens (tertiary/aromatic N) is 5. The molecule has 15 heteroatoms. The Hall–Kier alpha value is -4.17. The third-order valence-corrected chi connectivity index (χ3v) is 12.4. The van der Waals surface area contributed by atoms with Crippen LogP contribution in [0.25, 0.3) is 28.2 Å². The number of hydrogen-bond donors (Lipinski definition) is 2. The fraction of sp³-hybridized carbons (Fsp3) is 0.512. The van der Waals surface area contributed by atoms with E-state index in [9.17, 15) is 14.4 Å². The summed E-state index contributed by atoms with van der Waals surface area (Å²) in [4.78, 5) is 54.0. The van der Waals surface area contributed by atoms with Crippen molar-refractivity contribution in [3.8, 4) is 16.9 Å². The van der Waals surface area contributed by atoms with Gasteiger partial charge in [0.05, 0.1) is 52.7 Å². The van der Waals surface area contributed by atoms with Gasteiger partial charge in [-0.2, -0.15) is 0 Å². The molecule has 4 aromatic rings. The van der Waals surface area contributed by atoms with Gasteiger partial charge in [0.2, 0.25) is 5.91 Å². The summed E-state index contributed by atoms with van der Waals surface area (Å²) in [5, 5.41) is 6.99. The first-order valence-electron chi connectivity index (χ1n) is 20.0. The highest BCUT2D eigenvalue weighted by Crippen LogP contribution is 2.39. The summed E-state index contributed by atoms with van der Waals surface area (Å²) >= 11 is 13.6. The van der Waals surface area contributed by atoms with E-state index in [0.29, 0.717) is 89.1 Å². The van der Waals surface area contributed by atoms with Gasteiger partial charge in [0.25, 0.3) is 11.5 Å². The lowest BCUT2D eigenvalue weighted by Gasteiger charge is -2.33. The average molecular weight is 851 g/mol. The Balaban J connectivity index is 1.43. The lowest BCUT2D eigenvalue weighted by atomic mass is 9.81. The lowest BCUT2D eigenvalue weighted by Crippen LogP contribution is -2.46. The van der Waals surface area contributed by atoms with Crippen LogP contribution >= 0.6 is 23.2 Å². The van der Waals surface area contributed by atoms with Gasteiger partial charge in [-0.1, -0.05) is 69.7 Å². The van der Waals surface area contributed by atoms with Crippen LogP contribution in [0.3, 0.4) is 0 Å². The average Bonchev–Trinajstić information content (AvgIpc) is 3.89. The molecule has 0 radical (unpaired) electrons. The summed E-state index contributed by atoms with van der Waals surface area (Å²) in [5.41, 5.74) is 1.08. The van der Waals surface area contributed by atoms with Crippen LogP contribution in [0.15, 0.2) is 41.5 Å². The predicted molar refractivity (Wildman–Crippen MR) is 237 cm³/mol. The number of ether oxygens (including phenoxy) is 2. The highest BCUT2D eigenvalue weighted by molar-refractivity contribution is 6.76. The molecular weight excluding hydrogens is 794 g/mol. The molecule has 1 saturated carbocycles. The second-order valence-corrected chi connectivity index (χ2v) is 25.1. The van der Waals surface area contributed by atoms with Crippen LogP contribution < -0.4 is 25.8 Å². The van der Waals surface area contributed by atoms with E-state index in [1.807, 2.05) is 19.9 Å². The summed E-state index contributed by atoms with van der Waals surface area (Å²) in [6.45, 7) is 19.9. The van der Waals surface area contributed by atoms with Gasteiger partial charge in [0, 0.05) is 51.6 Å². The van der Waals surface area contributed by atoms with Crippen LogP contribution in [0, 0.1) is 11.3 Å². The van der Waals surface area contributed by atoms with Gasteiger partial charge in [-0.3, -0.25) is 19.0 Å². The second kappa shape index (κ2) is 17.2. The summed E-state index contributed by atoms with van der Waals surface area (Å²) < 4.78 is 15.0. The minimum Gasteiger partial charge on any atom is -0.491 e. The predicted octanol–water partition coefficient (Wildman–Crippen LogP) is 8.66. The maximum Gasteiger partial charge on any atom is 0.263 e. The van der Waals surface area contributed by atoms with Crippen molar-refractivity contribution in [1.82, 2.24) is 24.4 Å². The monoisotopic (exact) mass is 849 g/mol. The Kier molecular flexibility index (Phi) is 12.9. The number of morpholine rings is 1. The molecule has 2 N–H and O–H groups in total. The summed E-state index contributed by atoms with van der Waals surface area (Å²) in [6.07, 6.45) is 10.1. The van der Waals surface area contributed by atoms with Crippen molar-refractivity contribution in [1.29, 1.82) is 0 Å². The molecule has 58 heavy (non-hydrogen) atoms. The van der Waals surface area contributed by atoms with Crippen LogP contribution in [0.5, 0.6) is 5.75 Å². The molecule has 2 amide bonds. The van der Waals surface area contributed by atoms with Gasteiger partial charge in [0.1, 0.15) is 23.8 Å². The number of nitrogens with one attached hydrogen (secondary N) is 2. The Bertz CT molecular complexity index is 2280. The van der Waals surface area contributed by atoms with E-state index < -0.39 is 13.6 Å². The molecule has 0 unspecified atom stereocenters.